The highest BCUT2D eigenvalue weighted by molar-refractivity contribution is 7.99. The highest BCUT2D eigenvalue weighted by Gasteiger charge is 2.19. The highest BCUT2D eigenvalue weighted by Crippen LogP contribution is 2.33. The van der Waals surface area contributed by atoms with E-state index in [9.17, 15) is 4.79 Å². The lowest BCUT2D eigenvalue weighted by Gasteiger charge is -2.12. The second-order valence-electron chi connectivity index (χ2n) is 6.65. The van der Waals surface area contributed by atoms with Crippen LogP contribution in [0.4, 0.5) is 0 Å². The molecule has 6 nitrogen and oxygen atoms in total. The molecular formula is C23H22N4O2S2. The number of methoxy groups -OCH3 is 1. The van der Waals surface area contributed by atoms with Crippen molar-refractivity contribution in [2.24, 2.45) is 0 Å². The van der Waals surface area contributed by atoms with Crippen molar-refractivity contribution >= 4 is 29.0 Å². The summed E-state index contributed by atoms with van der Waals surface area (Å²) >= 11 is 3.07. The van der Waals surface area contributed by atoms with Gasteiger partial charge in [0.15, 0.2) is 11.0 Å². The second kappa shape index (κ2) is 10.3. The molecule has 0 aliphatic carbocycles. The Balaban J connectivity index is 1.52. The number of rotatable bonds is 9. The summed E-state index contributed by atoms with van der Waals surface area (Å²) in [5.41, 5.74) is 1.77. The van der Waals surface area contributed by atoms with Crippen LogP contribution in [-0.4, -0.2) is 40.1 Å². The van der Waals surface area contributed by atoms with E-state index in [1.54, 1.807) is 18.4 Å². The minimum absolute atomic E-state index is 0.0250. The number of carbonyl (C=O) groups excluding carboxylic acids is 1. The van der Waals surface area contributed by atoms with Gasteiger partial charge in [-0.05, 0) is 42.1 Å². The molecule has 1 N–H and O–H groups in total. The fraction of sp³-hybridized carbons (Fsp3) is 0.174. The fourth-order valence-corrected chi connectivity index (χ4v) is 4.63. The summed E-state index contributed by atoms with van der Waals surface area (Å²) < 4.78 is 7.48. The van der Waals surface area contributed by atoms with Crippen LogP contribution in [0.25, 0.3) is 17.1 Å². The number of carbonyl (C=O) groups is 1. The van der Waals surface area contributed by atoms with Crippen LogP contribution in [-0.2, 0) is 11.2 Å². The molecule has 158 valence electrons. The van der Waals surface area contributed by atoms with E-state index < -0.39 is 0 Å². The van der Waals surface area contributed by atoms with Gasteiger partial charge in [-0.25, -0.2) is 0 Å². The number of thioether (sulfide) groups is 1. The van der Waals surface area contributed by atoms with E-state index in [-0.39, 0.29) is 11.7 Å². The lowest BCUT2D eigenvalue weighted by molar-refractivity contribution is -0.118. The molecule has 8 heteroatoms. The van der Waals surface area contributed by atoms with Crippen LogP contribution >= 0.6 is 23.1 Å². The molecular weight excluding hydrogens is 428 g/mol. The normalized spacial score (nSPS) is 10.7. The van der Waals surface area contributed by atoms with Crippen molar-refractivity contribution in [3.8, 4) is 22.8 Å². The molecule has 0 aliphatic rings. The number of hydrogen-bond donors (Lipinski definition) is 1. The molecule has 2 aromatic carbocycles. The van der Waals surface area contributed by atoms with Gasteiger partial charge in [-0.2, -0.15) is 0 Å². The number of hydrogen-bond acceptors (Lipinski definition) is 6. The molecule has 0 saturated heterocycles. The third-order valence-corrected chi connectivity index (χ3v) is 6.47. The first-order valence-corrected chi connectivity index (χ1v) is 11.7. The number of nitrogens with one attached hydrogen (secondary N) is 1. The van der Waals surface area contributed by atoms with Crippen LogP contribution in [0.15, 0.2) is 77.3 Å². The van der Waals surface area contributed by atoms with Crippen LogP contribution in [0.2, 0.25) is 0 Å². The first-order chi connectivity index (χ1) is 15.3. The molecule has 0 radical (unpaired) electrons. The first kappa shape index (κ1) is 21.1. The van der Waals surface area contributed by atoms with Crippen molar-refractivity contribution in [3.05, 3.63) is 77.0 Å². The third-order valence-electron chi connectivity index (χ3n) is 4.60. The Bertz CT molecular complexity index is 1130. The molecule has 2 heterocycles. The maximum Gasteiger partial charge on any atom is 0.230 e. The van der Waals surface area contributed by atoms with Crippen molar-refractivity contribution in [3.63, 3.8) is 0 Å². The van der Waals surface area contributed by atoms with Crippen molar-refractivity contribution < 1.29 is 9.53 Å². The summed E-state index contributed by atoms with van der Waals surface area (Å²) in [4.78, 5) is 13.6. The summed E-state index contributed by atoms with van der Waals surface area (Å²) in [6.45, 7) is 0.623. The van der Waals surface area contributed by atoms with Crippen LogP contribution in [0.3, 0.4) is 0 Å². The van der Waals surface area contributed by atoms with E-state index in [0.717, 1.165) is 23.4 Å². The minimum Gasteiger partial charge on any atom is -0.496 e. The molecule has 2 aromatic heterocycles. The predicted octanol–water partition coefficient (Wildman–Crippen LogP) is 4.46. The molecule has 0 spiro atoms. The van der Waals surface area contributed by atoms with E-state index in [4.69, 9.17) is 4.74 Å². The molecule has 0 unspecified atom stereocenters. The molecule has 0 saturated carbocycles. The van der Waals surface area contributed by atoms with Crippen molar-refractivity contribution in [2.75, 3.05) is 19.4 Å². The van der Waals surface area contributed by atoms with Gasteiger partial charge in [0.2, 0.25) is 5.91 Å². The quantitative estimate of drug-likeness (QED) is 0.382. The zero-order chi connectivity index (χ0) is 21.5. The van der Waals surface area contributed by atoms with Gasteiger partial charge in [0.25, 0.3) is 0 Å². The molecule has 4 aromatic rings. The van der Waals surface area contributed by atoms with Crippen LogP contribution in [0, 0.1) is 0 Å². The Morgan fingerprint density at radius 3 is 2.65 bits per heavy atom. The Morgan fingerprint density at radius 2 is 1.87 bits per heavy atom. The Hall–Kier alpha value is -3.10. The molecule has 31 heavy (non-hydrogen) atoms. The van der Waals surface area contributed by atoms with E-state index in [1.165, 1.54) is 16.6 Å². The van der Waals surface area contributed by atoms with Crippen LogP contribution < -0.4 is 10.1 Å². The number of benzene rings is 2. The largest absolute Gasteiger partial charge is 0.496 e. The van der Waals surface area contributed by atoms with E-state index in [2.05, 4.69) is 21.6 Å². The van der Waals surface area contributed by atoms with Crippen molar-refractivity contribution in [2.45, 2.75) is 11.6 Å². The smallest absolute Gasteiger partial charge is 0.230 e. The number of ether oxygens (including phenoxy) is 1. The average molecular weight is 451 g/mol. The lowest BCUT2D eigenvalue weighted by atomic mass is 10.2. The molecule has 0 aliphatic heterocycles. The second-order valence-corrected chi connectivity index (χ2v) is 8.62. The van der Waals surface area contributed by atoms with Gasteiger partial charge in [0, 0.05) is 17.1 Å². The third kappa shape index (κ3) is 5.15. The zero-order valence-electron chi connectivity index (χ0n) is 17.0. The van der Waals surface area contributed by atoms with Gasteiger partial charge in [-0.1, -0.05) is 48.2 Å². The van der Waals surface area contributed by atoms with E-state index in [1.807, 2.05) is 70.6 Å². The van der Waals surface area contributed by atoms with Crippen LogP contribution in [0.5, 0.6) is 5.75 Å². The molecule has 0 bridgehead atoms. The molecule has 0 atom stereocenters. The topological polar surface area (TPSA) is 69.0 Å². The number of nitrogens with zero attached hydrogens (tertiary/aromatic N) is 3. The van der Waals surface area contributed by atoms with E-state index >= 15 is 0 Å². The van der Waals surface area contributed by atoms with E-state index in [0.29, 0.717) is 17.5 Å². The first-order valence-electron chi connectivity index (χ1n) is 9.82. The fourth-order valence-electron chi connectivity index (χ4n) is 3.14. The summed E-state index contributed by atoms with van der Waals surface area (Å²) in [7, 11) is 1.64. The Morgan fingerprint density at radius 1 is 1.06 bits per heavy atom. The van der Waals surface area contributed by atoms with Crippen molar-refractivity contribution in [1.82, 2.24) is 20.1 Å². The van der Waals surface area contributed by atoms with Gasteiger partial charge in [-0.3, -0.25) is 9.36 Å². The van der Waals surface area contributed by atoms with Crippen molar-refractivity contribution in [1.29, 1.82) is 0 Å². The molecule has 4 rings (SSSR count). The Labute approximate surface area is 189 Å². The summed E-state index contributed by atoms with van der Waals surface area (Å²) in [5.74, 6) is 1.63. The number of thiophene rings is 1. The van der Waals surface area contributed by atoms with Gasteiger partial charge >= 0.3 is 0 Å². The predicted molar refractivity (Wildman–Crippen MR) is 125 cm³/mol. The lowest BCUT2D eigenvalue weighted by Crippen LogP contribution is -2.27. The standard InChI is InChI=1S/C23H22N4O2S2/c1-29-20-12-6-5-11-19(20)22-25-26-23(27(22)17-8-3-2-4-9-17)31-16-21(28)24-14-13-18-10-7-15-30-18/h2-12,15H,13-14,16H2,1H3,(H,24,28). The monoisotopic (exact) mass is 450 g/mol. The average Bonchev–Trinajstić information content (AvgIpc) is 3.48. The van der Waals surface area contributed by atoms with Gasteiger partial charge in [0.05, 0.1) is 18.4 Å². The number of amides is 1. The maximum atomic E-state index is 12.4. The summed E-state index contributed by atoms with van der Waals surface area (Å²) in [6, 6.07) is 21.7. The molecule has 1 amide bonds. The number of para-hydroxylation sites is 2. The van der Waals surface area contributed by atoms with Gasteiger partial charge in [-0.15, -0.1) is 21.5 Å². The number of aromatic nitrogens is 3. The molecule has 0 fully saturated rings. The minimum atomic E-state index is -0.0250. The van der Waals surface area contributed by atoms with Gasteiger partial charge in [0.1, 0.15) is 5.75 Å². The Kier molecular flexibility index (Phi) is 7.01. The maximum absolute atomic E-state index is 12.4. The zero-order valence-corrected chi connectivity index (χ0v) is 18.7. The summed E-state index contributed by atoms with van der Waals surface area (Å²) in [6.07, 6.45) is 0.840. The highest BCUT2D eigenvalue weighted by atomic mass is 32.2. The van der Waals surface area contributed by atoms with Gasteiger partial charge < -0.3 is 10.1 Å². The van der Waals surface area contributed by atoms with Crippen LogP contribution in [0.1, 0.15) is 4.88 Å². The SMILES string of the molecule is COc1ccccc1-c1nnc(SCC(=O)NCCc2cccs2)n1-c1ccccc1. The summed E-state index contributed by atoms with van der Waals surface area (Å²) in [5, 5.41) is 14.5.